The highest BCUT2D eigenvalue weighted by Crippen LogP contribution is 2.24. The van der Waals surface area contributed by atoms with E-state index in [-0.39, 0.29) is 5.56 Å². The lowest BCUT2D eigenvalue weighted by atomic mass is 10.1. The molecule has 0 aliphatic rings. The average Bonchev–Trinajstić information content (AvgIpc) is 3.19. The predicted octanol–water partition coefficient (Wildman–Crippen LogP) is 5.35. The molecular weight excluding hydrogens is 382 g/mol. The van der Waals surface area contributed by atoms with Crippen LogP contribution in [0.3, 0.4) is 0 Å². The van der Waals surface area contributed by atoms with Crippen LogP contribution in [0, 0.1) is 0 Å². The molecule has 0 spiro atoms. The zero-order valence-corrected chi connectivity index (χ0v) is 15.7. The molecule has 1 amide bonds. The van der Waals surface area contributed by atoms with E-state index in [0.717, 1.165) is 4.88 Å². The highest BCUT2D eigenvalue weighted by atomic mass is 35.5. The van der Waals surface area contributed by atoms with E-state index in [0.29, 0.717) is 28.2 Å². The molecule has 27 heavy (non-hydrogen) atoms. The van der Waals surface area contributed by atoms with Gasteiger partial charge in [-0.2, -0.15) is 0 Å². The molecule has 0 saturated heterocycles. The van der Waals surface area contributed by atoms with Crippen LogP contribution in [0.4, 0.5) is 5.69 Å². The molecule has 0 unspecified atom stereocenters. The van der Waals surface area contributed by atoms with Gasteiger partial charge in [-0.3, -0.25) is 4.79 Å². The summed E-state index contributed by atoms with van der Waals surface area (Å²) in [5.41, 5.74) is 0.463. The number of anilines is 1. The summed E-state index contributed by atoms with van der Waals surface area (Å²) in [6.45, 7) is 0.352. The molecule has 6 heteroatoms. The highest BCUT2D eigenvalue weighted by Gasteiger charge is 2.23. The molecule has 4 rings (SSSR count). The van der Waals surface area contributed by atoms with Gasteiger partial charge in [-0.1, -0.05) is 35.9 Å². The molecule has 0 atom stereocenters. The summed E-state index contributed by atoms with van der Waals surface area (Å²) in [6, 6.07) is 19.5. The zero-order valence-electron chi connectivity index (χ0n) is 14.1. The number of halogens is 1. The number of rotatable bonds is 4. The molecule has 4 aromatic rings. The second-order valence-corrected chi connectivity index (χ2v) is 7.40. The number of benzene rings is 2. The fourth-order valence-corrected chi connectivity index (χ4v) is 3.63. The number of nitrogens with zero attached hydrogens (tertiary/aromatic N) is 1. The number of fused-ring (bicyclic) bond motifs is 1. The van der Waals surface area contributed by atoms with Crippen molar-refractivity contribution in [2.24, 2.45) is 0 Å². The smallest absolute Gasteiger partial charge is 0.349 e. The Morgan fingerprint density at radius 3 is 2.56 bits per heavy atom. The van der Waals surface area contributed by atoms with Gasteiger partial charge in [-0.15, -0.1) is 11.3 Å². The van der Waals surface area contributed by atoms with E-state index in [9.17, 15) is 9.59 Å². The van der Waals surface area contributed by atoms with Crippen molar-refractivity contribution in [2.75, 3.05) is 4.90 Å². The number of para-hydroxylation sites is 1. The number of thiophene rings is 1. The van der Waals surface area contributed by atoms with Gasteiger partial charge in [0.1, 0.15) is 11.1 Å². The Hall–Kier alpha value is -2.89. The molecule has 0 aliphatic carbocycles. The van der Waals surface area contributed by atoms with Crippen LogP contribution in [0.15, 0.2) is 81.3 Å². The van der Waals surface area contributed by atoms with Crippen molar-refractivity contribution in [3.63, 3.8) is 0 Å². The molecule has 2 aromatic heterocycles. The Morgan fingerprint density at radius 2 is 1.81 bits per heavy atom. The van der Waals surface area contributed by atoms with Crippen molar-refractivity contribution >= 4 is 45.5 Å². The number of carbonyl (C=O) groups excluding carboxylic acids is 1. The third-order valence-electron chi connectivity index (χ3n) is 4.15. The molecule has 2 aromatic carbocycles. The van der Waals surface area contributed by atoms with Crippen LogP contribution in [0.2, 0.25) is 5.02 Å². The monoisotopic (exact) mass is 395 g/mol. The number of amides is 1. The molecule has 0 bridgehead atoms. The van der Waals surface area contributed by atoms with Crippen molar-refractivity contribution in [3.8, 4) is 0 Å². The maximum absolute atomic E-state index is 13.3. The quantitative estimate of drug-likeness (QED) is 0.437. The van der Waals surface area contributed by atoms with E-state index in [1.807, 2.05) is 23.6 Å². The summed E-state index contributed by atoms with van der Waals surface area (Å²) in [6.07, 6.45) is 0. The Labute approximate surface area is 164 Å². The van der Waals surface area contributed by atoms with Gasteiger partial charge in [0.15, 0.2) is 0 Å². The summed E-state index contributed by atoms with van der Waals surface area (Å²) in [5, 5.41) is 3.23. The van der Waals surface area contributed by atoms with Gasteiger partial charge in [0.05, 0.1) is 6.54 Å². The largest absolute Gasteiger partial charge is 0.422 e. The van der Waals surface area contributed by atoms with Crippen LogP contribution in [-0.2, 0) is 6.54 Å². The number of carbonyl (C=O) groups is 1. The zero-order chi connectivity index (χ0) is 18.8. The second kappa shape index (κ2) is 7.39. The normalized spacial score (nSPS) is 10.9. The fraction of sp³-hybridized carbons (Fsp3) is 0.0476. The maximum atomic E-state index is 13.3. The molecule has 2 heterocycles. The van der Waals surface area contributed by atoms with Crippen molar-refractivity contribution in [3.05, 3.63) is 98.0 Å². The topological polar surface area (TPSA) is 50.5 Å². The molecular formula is C21H14ClNO3S. The van der Waals surface area contributed by atoms with Gasteiger partial charge in [0, 0.05) is 21.0 Å². The summed E-state index contributed by atoms with van der Waals surface area (Å²) >= 11 is 7.53. The van der Waals surface area contributed by atoms with Gasteiger partial charge in [-0.05, 0) is 47.8 Å². The SMILES string of the molecule is O=C(c1cc2ccccc2oc1=O)N(Cc1cccs1)c1ccc(Cl)cc1. The van der Waals surface area contributed by atoms with E-state index in [1.54, 1.807) is 64.8 Å². The molecule has 0 aliphatic heterocycles. The molecule has 0 fully saturated rings. The van der Waals surface area contributed by atoms with Gasteiger partial charge in [0.2, 0.25) is 0 Å². The lowest BCUT2D eigenvalue weighted by Crippen LogP contribution is -2.33. The first-order valence-corrected chi connectivity index (χ1v) is 9.50. The van der Waals surface area contributed by atoms with Crippen molar-refractivity contribution in [1.29, 1.82) is 0 Å². The molecule has 0 saturated carbocycles. The molecule has 0 radical (unpaired) electrons. The van der Waals surface area contributed by atoms with E-state index in [4.69, 9.17) is 16.0 Å². The predicted molar refractivity (Wildman–Crippen MR) is 109 cm³/mol. The molecule has 134 valence electrons. The Kier molecular flexibility index (Phi) is 4.79. The van der Waals surface area contributed by atoms with E-state index < -0.39 is 11.5 Å². The maximum Gasteiger partial charge on any atom is 0.349 e. The Morgan fingerprint density at radius 1 is 1.04 bits per heavy atom. The third kappa shape index (κ3) is 3.65. The fourth-order valence-electron chi connectivity index (χ4n) is 2.82. The van der Waals surface area contributed by atoms with Gasteiger partial charge in [-0.25, -0.2) is 4.79 Å². The molecule has 4 nitrogen and oxygen atoms in total. The first kappa shape index (κ1) is 17.5. The lowest BCUT2D eigenvalue weighted by molar-refractivity contribution is 0.0982. The summed E-state index contributed by atoms with van der Waals surface area (Å²) < 4.78 is 5.33. The average molecular weight is 396 g/mol. The minimum Gasteiger partial charge on any atom is -0.422 e. The van der Waals surface area contributed by atoms with Crippen molar-refractivity contribution in [2.45, 2.75) is 6.54 Å². The van der Waals surface area contributed by atoms with Crippen LogP contribution in [0.25, 0.3) is 11.0 Å². The van der Waals surface area contributed by atoms with Crippen molar-refractivity contribution in [1.82, 2.24) is 0 Å². The van der Waals surface area contributed by atoms with Crippen LogP contribution in [-0.4, -0.2) is 5.91 Å². The van der Waals surface area contributed by atoms with Gasteiger partial charge >= 0.3 is 5.63 Å². The van der Waals surface area contributed by atoms with E-state index >= 15 is 0 Å². The summed E-state index contributed by atoms with van der Waals surface area (Å²) in [5.74, 6) is -0.412. The van der Waals surface area contributed by atoms with Crippen LogP contribution in [0.5, 0.6) is 0 Å². The van der Waals surface area contributed by atoms with Crippen LogP contribution in [0.1, 0.15) is 15.2 Å². The van der Waals surface area contributed by atoms with Crippen LogP contribution < -0.4 is 10.5 Å². The highest BCUT2D eigenvalue weighted by molar-refractivity contribution is 7.09. The van der Waals surface area contributed by atoms with Gasteiger partial charge < -0.3 is 9.32 Å². The minimum atomic E-state index is -0.649. The first-order valence-electron chi connectivity index (χ1n) is 8.24. The number of hydrogen-bond acceptors (Lipinski definition) is 4. The van der Waals surface area contributed by atoms with E-state index in [2.05, 4.69) is 0 Å². The Balaban J connectivity index is 1.79. The number of hydrogen-bond donors (Lipinski definition) is 0. The first-order chi connectivity index (χ1) is 13.1. The van der Waals surface area contributed by atoms with Gasteiger partial charge in [0.25, 0.3) is 5.91 Å². The molecule has 0 N–H and O–H groups in total. The second-order valence-electron chi connectivity index (χ2n) is 5.93. The minimum absolute atomic E-state index is 0.000191. The van der Waals surface area contributed by atoms with E-state index in [1.165, 1.54) is 0 Å². The third-order valence-corrected chi connectivity index (χ3v) is 5.26. The Bertz CT molecular complexity index is 1150. The van der Waals surface area contributed by atoms with Crippen LogP contribution >= 0.6 is 22.9 Å². The lowest BCUT2D eigenvalue weighted by Gasteiger charge is -2.22. The summed E-state index contributed by atoms with van der Waals surface area (Å²) in [4.78, 5) is 28.3. The summed E-state index contributed by atoms with van der Waals surface area (Å²) in [7, 11) is 0. The standard InChI is InChI=1S/C21H14ClNO3S/c22-15-7-9-16(10-8-15)23(13-17-5-3-11-27-17)20(24)18-12-14-4-1-2-6-19(14)26-21(18)25/h1-12H,13H2. The van der Waals surface area contributed by atoms with Crippen molar-refractivity contribution < 1.29 is 9.21 Å².